The third-order valence-electron chi connectivity index (χ3n) is 4.54. The Kier molecular flexibility index (Phi) is 5.44. The molecule has 0 aromatic heterocycles. The number of carbonyl (C=O) groups is 1. The van der Waals surface area contributed by atoms with Gasteiger partial charge in [-0.25, -0.2) is 0 Å². The molecule has 0 unspecified atom stereocenters. The number of benzene rings is 2. The summed E-state index contributed by atoms with van der Waals surface area (Å²) in [6.07, 6.45) is 4.42. The summed E-state index contributed by atoms with van der Waals surface area (Å²) < 4.78 is 0. The predicted octanol–water partition coefficient (Wildman–Crippen LogP) is 2.05. The molecule has 0 bridgehead atoms. The van der Waals surface area contributed by atoms with Crippen LogP contribution in [0.15, 0.2) is 60.7 Å². The lowest BCUT2D eigenvalue weighted by molar-refractivity contribution is -0.898. The van der Waals surface area contributed by atoms with Crippen LogP contribution >= 0.6 is 0 Å². The molecule has 1 aliphatic heterocycles. The van der Waals surface area contributed by atoms with Crippen LogP contribution in [-0.4, -0.2) is 43.5 Å². The maximum absolute atomic E-state index is 12.6. The number of quaternary nitrogens is 1. The van der Waals surface area contributed by atoms with Crippen LogP contribution in [0.3, 0.4) is 0 Å². The van der Waals surface area contributed by atoms with E-state index in [0.717, 1.165) is 43.9 Å². The van der Waals surface area contributed by atoms with Crippen molar-refractivity contribution < 1.29 is 9.69 Å². The zero-order chi connectivity index (χ0) is 16.8. The second kappa shape index (κ2) is 7.93. The van der Waals surface area contributed by atoms with Crippen LogP contribution in [0, 0.1) is 6.92 Å². The first kappa shape index (κ1) is 16.5. The lowest BCUT2D eigenvalue weighted by Gasteiger charge is -2.31. The fourth-order valence-corrected chi connectivity index (χ4v) is 3.12. The second-order valence-corrected chi connectivity index (χ2v) is 6.43. The van der Waals surface area contributed by atoms with E-state index in [9.17, 15) is 4.79 Å². The molecule has 1 saturated heterocycles. The summed E-state index contributed by atoms with van der Waals surface area (Å²) in [6, 6.07) is 18.3. The van der Waals surface area contributed by atoms with Gasteiger partial charge in [0.25, 0.3) is 5.91 Å². The van der Waals surface area contributed by atoms with Crippen LogP contribution in [0.4, 0.5) is 0 Å². The topological polar surface area (TPSA) is 24.8 Å². The van der Waals surface area contributed by atoms with E-state index in [1.807, 2.05) is 42.2 Å². The molecule has 0 atom stereocenters. The van der Waals surface area contributed by atoms with Gasteiger partial charge in [0.15, 0.2) is 0 Å². The highest BCUT2D eigenvalue weighted by Gasteiger charge is 2.23. The summed E-state index contributed by atoms with van der Waals surface area (Å²) in [5.41, 5.74) is 3.18. The van der Waals surface area contributed by atoms with Gasteiger partial charge in [-0.15, -0.1) is 0 Å². The molecule has 2 aromatic rings. The molecule has 1 N–H and O–H groups in total. The van der Waals surface area contributed by atoms with Crippen molar-refractivity contribution in [2.75, 3.05) is 32.7 Å². The van der Waals surface area contributed by atoms with Gasteiger partial charge in [0, 0.05) is 5.56 Å². The van der Waals surface area contributed by atoms with E-state index in [1.54, 1.807) is 0 Å². The first-order valence-electron chi connectivity index (χ1n) is 8.63. The van der Waals surface area contributed by atoms with Crippen molar-refractivity contribution in [1.29, 1.82) is 0 Å². The highest BCUT2D eigenvalue weighted by molar-refractivity contribution is 5.94. The van der Waals surface area contributed by atoms with E-state index >= 15 is 0 Å². The Morgan fingerprint density at radius 1 is 1.08 bits per heavy atom. The van der Waals surface area contributed by atoms with Gasteiger partial charge in [0.1, 0.15) is 0 Å². The van der Waals surface area contributed by atoms with Crippen LogP contribution < -0.4 is 4.90 Å². The summed E-state index contributed by atoms with van der Waals surface area (Å²) in [5, 5.41) is 0. The third kappa shape index (κ3) is 4.33. The van der Waals surface area contributed by atoms with E-state index in [4.69, 9.17) is 0 Å². The summed E-state index contributed by atoms with van der Waals surface area (Å²) in [5.74, 6) is 0.164. The molecule has 1 aliphatic rings. The summed E-state index contributed by atoms with van der Waals surface area (Å²) in [7, 11) is 0. The highest BCUT2D eigenvalue weighted by atomic mass is 16.2. The first-order valence-corrected chi connectivity index (χ1v) is 8.63. The average Bonchev–Trinajstić information content (AvgIpc) is 2.63. The molecule has 124 valence electrons. The Morgan fingerprint density at radius 3 is 2.54 bits per heavy atom. The van der Waals surface area contributed by atoms with Crippen molar-refractivity contribution in [2.45, 2.75) is 6.92 Å². The number of carbonyl (C=O) groups excluding carboxylic acids is 1. The van der Waals surface area contributed by atoms with E-state index in [0.29, 0.717) is 0 Å². The minimum absolute atomic E-state index is 0.164. The molecule has 0 spiro atoms. The number of aryl methyl sites for hydroxylation is 1. The Balaban J connectivity index is 1.49. The number of rotatable bonds is 4. The zero-order valence-corrected chi connectivity index (χ0v) is 14.2. The van der Waals surface area contributed by atoms with Crippen LogP contribution in [-0.2, 0) is 0 Å². The number of amides is 1. The van der Waals surface area contributed by atoms with Crippen molar-refractivity contribution in [2.24, 2.45) is 0 Å². The molecule has 3 rings (SSSR count). The maximum atomic E-state index is 12.6. The molecule has 0 saturated carbocycles. The largest absolute Gasteiger partial charge is 0.329 e. The Labute approximate surface area is 144 Å². The number of nitrogens with zero attached hydrogens (tertiary/aromatic N) is 1. The van der Waals surface area contributed by atoms with Gasteiger partial charge in [0.05, 0.1) is 32.7 Å². The molecular formula is C21H25N2O+. The highest BCUT2D eigenvalue weighted by Crippen LogP contribution is 2.08. The number of piperazine rings is 1. The molecule has 0 aliphatic carbocycles. The van der Waals surface area contributed by atoms with E-state index in [2.05, 4.69) is 36.4 Å². The van der Waals surface area contributed by atoms with Crippen molar-refractivity contribution in [3.05, 3.63) is 77.4 Å². The number of hydrogen-bond donors (Lipinski definition) is 1. The molecule has 1 heterocycles. The number of hydrogen-bond acceptors (Lipinski definition) is 1. The van der Waals surface area contributed by atoms with Crippen LogP contribution in [0.1, 0.15) is 21.5 Å². The van der Waals surface area contributed by atoms with Gasteiger partial charge in [0.2, 0.25) is 0 Å². The monoisotopic (exact) mass is 321 g/mol. The molecular weight excluding hydrogens is 296 g/mol. The fourth-order valence-electron chi connectivity index (χ4n) is 3.12. The van der Waals surface area contributed by atoms with E-state index in [1.165, 1.54) is 10.5 Å². The Bertz CT molecular complexity index is 701. The lowest BCUT2D eigenvalue weighted by Crippen LogP contribution is -3.14. The third-order valence-corrected chi connectivity index (χ3v) is 4.54. The summed E-state index contributed by atoms with van der Waals surface area (Å²) in [6.45, 7) is 6.73. The summed E-state index contributed by atoms with van der Waals surface area (Å²) >= 11 is 0. The maximum Gasteiger partial charge on any atom is 0.254 e. The molecule has 24 heavy (non-hydrogen) atoms. The summed E-state index contributed by atoms with van der Waals surface area (Å²) in [4.78, 5) is 16.1. The standard InChI is InChI=1S/C21H24N2O/c1-18-7-5-11-20(17-18)21(24)23-15-13-22(14-16-23)12-6-10-19-8-3-2-4-9-19/h2-11,17H,12-16H2,1H3/p+1. The Hall–Kier alpha value is -2.39. The van der Waals surface area contributed by atoms with Crippen molar-refractivity contribution in [3.8, 4) is 0 Å². The average molecular weight is 321 g/mol. The molecule has 2 aromatic carbocycles. The predicted molar refractivity (Wildman–Crippen MR) is 98.1 cm³/mol. The van der Waals surface area contributed by atoms with Crippen molar-refractivity contribution in [1.82, 2.24) is 4.90 Å². The van der Waals surface area contributed by atoms with Gasteiger partial charge >= 0.3 is 0 Å². The lowest BCUT2D eigenvalue weighted by atomic mass is 10.1. The molecule has 1 amide bonds. The molecule has 3 heteroatoms. The minimum Gasteiger partial charge on any atom is -0.329 e. The van der Waals surface area contributed by atoms with Gasteiger partial charge in [-0.2, -0.15) is 0 Å². The van der Waals surface area contributed by atoms with E-state index in [-0.39, 0.29) is 5.91 Å². The van der Waals surface area contributed by atoms with Crippen LogP contribution in [0.5, 0.6) is 0 Å². The second-order valence-electron chi connectivity index (χ2n) is 6.43. The molecule has 0 radical (unpaired) electrons. The minimum atomic E-state index is 0.164. The molecule has 1 fully saturated rings. The van der Waals surface area contributed by atoms with Gasteiger partial charge in [-0.1, -0.05) is 54.1 Å². The number of nitrogens with one attached hydrogen (secondary N) is 1. The van der Waals surface area contributed by atoms with Crippen molar-refractivity contribution >= 4 is 12.0 Å². The van der Waals surface area contributed by atoms with Gasteiger partial charge < -0.3 is 9.80 Å². The van der Waals surface area contributed by atoms with Gasteiger partial charge in [-0.3, -0.25) is 4.79 Å². The fraction of sp³-hybridized carbons (Fsp3) is 0.286. The first-order chi connectivity index (χ1) is 11.7. The quantitative estimate of drug-likeness (QED) is 0.916. The molecule has 3 nitrogen and oxygen atoms in total. The zero-order valence-electron chi connectivity index (χ0n) is 14.2. The SMILES string of the molecule is Cc1cccc(C(=O)N2CC[NH+](CC=Cc3ccccc3)CC2)c1. The van der Waals surface area contributed by atoms with Crippen LogP contribution in [0.25, 0.3) is 6.08 Å². The smallest absolute Gasteiger partial charge is 0.254 e. The van der Waals surface area contributed by atoms with E-state index < -0.39 is 0 Å². The Morgan fingerprint density at radius 2 is 1.83 bits per heavy atom. The van der Waals surface area contributed by atoms with Crippen LogP contribution in [0.2, 0.25) is 0 Å². The normalized spacial score (nSPS) is 15.8. The van der Waals surface area contributed by atoms with Crippen molar-refractivity contribution in [3.63, 3.8) is 0 Å². The van der Waals surface area contributed by atoms with Gasteiger partial charge in [-0.05, 0) is 30.7 Å².